The first-order chi connectivity index (χ1) is 15.5. The van der Waals surface area contributed by atoms with Gasteiger partial charge in [0, 0.05) is 5.02 Å². The average molecular weight is 485 g/mol. The fraction of sp³-hybridized carbons (Fsp3) is 0.269. The van der Waals surface area contributed by atoms with E-state index in [-0.39, 0.29) is 22.9 Å². The minimum atomic E-state index is -3.97. The summed E-state index contributed by atoms with van der Waals surface area (Å²) in [6, 6.07) is 22.3. The molecule has 0 fully saturated rings. The van der Waals surface area contributed by atoms with Crippen LogP contribution in [0, 0.1) is 0 Å². The number of rotatable bonds is 7. The summed E-state index contributed by atoms with van der Waals surface area (Å²) in [5, 5.41) is 3.36. The van der Waals surface area contributed by atoms with Crippen molar-refractivity contribution >= 4 is 33.2 Å². The monoisotopic (exact) mass is 484 g/mol. The Morgan fingerprint density at radius 3 is 2.06 bits per heavy atom. The Morgan fingerprint density at radius 1 is 0.939 bits per heavy atom. The van der Waals surface area contributed by atoms with Gasteiger partial charge in [0.05, 0.1) is 16.6 Å². The van der Waals surface area contributed by atoms with Crippen molar-refractivity contribution in [2.45, 2.75) is 44.0 Å². The number of sulfonamides is 1. The van der Waals surface area contributed by atoms with Crippen LogP contribution in [0.4, 0.5) is 5.69 Å². The Bertz CT molecular complexity index is 1190. The predicted molar refractivity (Wildman–Crippen MR) is 134 cm³/mol. The van der Waals surface area contributed by atoms with Gasteiger partial charge in [-0.3, -0.25) is 9.10 Å². The van der Waals surface area contributed by atoms with Crippen LogP contribution in [0.2, 0.25) is 5.02 Å². The van der Waals surface area contributed by atoms with E-state index in [1.165, 1.54) is 29.8 Å². The second kappa shape index (κ2) is 9.98. The Hall–Kier alpha value is -2.83. The third-order valence-corrected chi connectivity index (χ3v) is 7.43. The molecule has 1 N–H and O–H groups in total. The zero-order valence-corrected chi connectivity index (χ0v) is 20.8. The molecule has 174 valence electrons. The molecule has 3 aromatic carbocycles. The van der Waals surface area contributed by atoms with E-state index in [1.807, 2.05) is 19.1 Å². The van der Waals surface area contributed by atoms with Gasteiger partial charge in [-0.05, 0) is 59.9 Å². The smallest absolute Gasteiger partial charge is 0.264 e. The third kappa shape index (κ3) is 6.15. The van der Waals surface area contributed by atoms with E-state index in [1.54, 1.807) is 30.3 Å². The highest BCUT2D eigenvalue weighted by Gasteiger charge is 2.27. The fourth-order valence-corrected chi connectivity index (χ4v) is 4.96. The second-order valence-corrected chi connectivity index (χ2v) is 11.3. The lowest BCUT2D eigenvalue weighted by atomic mass is 9.86. The topological polar surface area (TPSA) is 66.5 Å². The third-order valence-electron chi connectivity index (χ3n) is 5.39. The quantitative estimate of drug-likeness (QED) is 0.467. The molecule has 0 bridgehead atoms. The lowest BCUT2D eigenvalue weighted by molar-refractivity contribution is -0.120. The molecule has 0 aliphatic carbocycles. The summed E-state index contributed by atoms with van der Waals surface area (Å²) in [7, 11) is -3.97. The SMILES string of the molecule is C[C@@H](NC(=O)CN(c1ccccc1)S(=O)(=O)c1ccc(Cl)cc1)c1ccc(C(C)(C)C)cc1. The predicted octanol–water partition coefficient (Wildman–Crippen LogP) is 5.71. The van der Waals surface area contributed by atoms with Gasteiger partial charge in [-0.1, -0.05) is 74.8 Å². The van der Waals surface area contributed by atoms with Crippen LogP contribution in [-0.4, -0.2) is 20.9 Å². The highest BCUT2D eigenvalue weighted by molar-refractivity contribution is 7.92. The van der Waals surface area contributed by atoms with Crippen LogP contribution in [-0.2, 0) is 20.2 Å². The van der Waals surface area contributed by atoms with E-state index in [0.717, 1.165) is 9.87 Å². The molecular formula is C26H29ClN2O3S. The van der Waals surface area contributed by atoms with Crippen molar-refractivity contribution in [3.8, 4) is 0 Å². The van der Waals surface area contributed by atoms with Crippen LogP contribution in [0.5, 0.6) is 0 Å². The minimum Gasteiger partial charge on any atom is -0.348 e. The summed E-state index contributed by atoms with van der Waals surface area (Å²) in [6.45, 7) is 7.97. The molecule has 7 heteroatoms. The maximum atomic E-state index is 13.4. The van der Waals surface area contributed by atoms with Crippen LogP contribution in [0.15, 0.2) is 83.8 Å². The molecule has 0 spiro atoms. The number of hydrogen-bond donors (Lipinski definition) is 1. The Kier molecular flexibility index (Phi) is 7.50. The number of amides is 1. The molecule has 0 aromatic heterocycles. The Balaban J connectivity index is 1.81. The highest BCUT2D eigenvalue weighted by Crippen LogP contribution is 2.26. The standard InChI is InChI=1S/C26H29ClN2O3S/c1-19(20-10-12-21(13-11-20)26(2,3)4)28-25(30)18-29(23-8-6-5-7-9-23)33(31,32)24-16-14-22(27)15-17-24/h5-17,19H,18H2,1-4H3,(H,28,30)/t19-/m1/s1. The van der Waals surface area contributed by atoms with Gasteiger partial charge in [-0.15, -0.1) is 0 Å². The molecule has 0 aliphatic rings. The molecule has 3 aromatic rings. The van der Waals surface area contributed by atoms with Crippen molar-refractivity contribution in [2.24, 2.45) is 0 Å². The zero-order chi connectivity index (χ0) is 24.2. The van der Waals surface area contributed by atoms with Crippen molar-refractivity contribution in [1.29, 1.82) is 0 Å². The second-order valence-electron chi connectivity index (χ2n) is 8.96. The number of hydrogen-bond acceptors (Lipinski definition) is 3. The molecule has 33 heavy (non-hydrogen) atoms. The van der Waals surface area contributed by atoms with Gasteiger partial charge in [0.2, 0.25) is 5.91 Å². The number of anilines is 1. The van der Waals surface area contributed by atoms with E-state index in [0.29, 0.717) is 10.7 Å². The molecule has 0 radical (unpaired) electrons. The summed E-state index contributed by atoms with van der Waals surface area (Å²) < 4.78 is 27.9. The minimum absolute atomic E-state index is 0.0389. The number of carbonyl (C=O) groups is 1. The van der Waals surface area contributed by atoms with E-state index in [9.17, 15) is 13.2 Å². The van der Waals surface area contributed by atoms with Gasteiger partial charge in [-0.25, -0.2) is 8.42 Å². The van der Waals surface area contributed by atoms with Crippen LogP contribution < -0.4 is 9.62 Å². The normalized spacial score (nSPS) is 12.8. The fourth-order valence-electron chi connectivity index (χ4n) is 3.42. The van der Waals surface area contributed by atoms with E-state index in [4.69, 9.17) is 11.6 Å². The summed E-state index contributed by atoms with van der Waals surface area (Å²) in [6.07, 6.45) is 0. The van der Waals surface area contributed by atoms with Crippen molar-refractivity contribution in [3.05, 3.63) is 95.0 Å². The maximum Gasteiger partial charge on any atom is 0.264 e. The Labute approximate surface area is 201 Å². The number of nitrogens with zero attached hydrogens (tertiary/aromatic N) is 1. The van der Waals surface area contributed by atoms with Gasteiger partial charge < -0.3 is 5.32 Å². The first-order valence-electron chi connectivity index (χ1n) is 10.7. The summed E-state index contributed by atoms with van der Waals surface area (Å²) in [5.74, 6) is -0.399. The van der Waals surface area contributed by atoms with E-state index < -0.39 is 15.9 Å². The molecule has 0 unspecified atom stereocenters. The number of halogens is 1. The largest absolute Gasteiger partial charge is 0.348 e. The first kappa shape index (κ1) is 24.8. The first-order valence-corrected chi connectivity index (χ1v) is 12.5. The number of nitrogens with one attached hydrogen (secondary N) is 1. The molecule has 3 rings (SSSR count). The molecule has 0 saturated heterocycles. The van der Waals surface area contributed by atoms with E-state index in [2.05, 4.69) is 38.2 Å². The zero-order valence-electron chi connectivity index (χ0n) is 19.2. The molecule has 1 amide bonds. The Morgan fingerprint density at radius 2 is 1.52 bits per heavy atom. The molecule has 5 nitrogen and oxygen atoms in total. The molecule has 0 aliphatic heterocycles. The van der Waals surface area contributed by atoms with Crippen molar-refractivity contribution < 1.29 is 13.2 Å². The summed E-state index contributed by atoms with van der Waals surface area (Å²) in [5.41, 5.74) is 2.60. The molecule has 0 heterocycles. The number of benzene rings is 3. The summed E-state index contributed by atoms with van der Waals surface area (Å²) >= 11 is 5.92. The van der Waals surface area contributed by atoms with E-state index >= 15 is 0 Å². The lowest BCUT2D eigenvalue weighted by Gasteiger charge is -2.25. The van der Waals surface area contributed by atoms with Crippen molar-refractivity contribution in [3.63, 3.8) is 0 Å². The van der Waals surface area contributed by atoms with Crippen molar-refractivity contribution in [2.75, 3.05) is 10.8 Å². The van der Waals surface area contributed by atoms with Gasteiger partial charge in [0.1, 0.15) is 6.54 Å². The number of para-hydroxylation sites is 1. The van der Waals surface area contributed by atoms with Crippen LogP contribution >= 0.6 is 11.6 Å². The average Bonchev–Trinajstić information content (AvgIpc) is 2.77. The van der Waals surface area contributed by atoms with Crippen LogP contribution in [0.1, 0.15) is 44.9 Å². The number of carbonyl (C=O) groups excluding carboxylic acids is 1. The van der Waals surface area contributed by atoms with Gasteiger partial charge in [0.25, 0.3) is 10.0 Å². The van der Waals surface area contributed by atoms with Gasteiger partial charge in [0.15, 0.2) is 0 Å². The molecule has 1 atom stereocenters. The highest BCUT2D eigenvalue weighted by atomic mass is 35.5. The van der Waals surface area contributed by atoms with Gasteiger partial charge in [-0.2, -0.15) is 0 Å². The summed E-state index contributed by atoms with van der Waals surface area (Å²) in [4.78, 5) is 13.0. The van der Waals surface area contributed by atoms with Crippen molar-refractivity contribution in [1.82, 2.24) is 5.32 Å². The van der Waals surface area contributed by atoms with Crippen LogP contribution in [0.25, 0.3) is 0 Å². The maximum absolute atomic E-state index is 13.4. The van der Waals surface area contributed by atoms with Crippen LogP contribution in [0.3, 0.4) is 0 Å². The molecular weight excluding hydrogens is 456 g/mol. The van der Waals surface area contributed by atoms with Gasteiger partial charge >= 0.3 is 0 Å². The molecule has 0 saturated carbocycles. The lowest BCUT2D eigenvalue weighted by Crippen LogP contribution is -2.41.